The van der Waals surface area contributed by atoms with E-state index >= 15 is 0 Å². The van der Waals surface area contributed by atoms with Gasteiger partial charge in [0.05, 0.1) is 13.2 Å². The van der Waals surface area contributed by atoms with Crippen LogP contribution in [-0.2, 0) is 6.42 Å². The molecule has 1 aromatic rings. The van der Waals surface area contributed by atoms with Crippen LogP contribution < -0.4 is 4.74 Å². The van der Waals surface area contributed by atoms with Gasteiger partial charge < -0.3 is 9.84 Å². The third-order valence-electron chi connectivity index (χ3n) is 2.69. The normalized spacial score (nSPS) is 12.5. The molecule has 17 heavy (non-hydrogen) atoms. The largest absolute Gasteiger partial charge is 0.496 e. The molecular formula is C13H21NO2S. The summed E-state index contributed by atoms with van der Waals surface area (Å²) in [6.07, 6.45) is 2.06. The van der Waals surface area contributed by atoms with Crippen LogP contribution in [0.5, 0.6) is 5.75 Å². The molecule has 0 aliphatic heterocycles. The van der Waals surface area contributed by atoms with Crippen LogP contribution in [0.4, 0.5) is 0 Å². The number of aliphatic hydroxyl groups is 1. The molecule has 0 radical (unpaired) electrons. The monoisotopic (exact) mass is 255 g/mol. The molecule has 0 bridgehead atoms. The van der Waals surface area contributed by atoms with Gasteiger partial charge >= 0.3 is 0 Å². The van der Waals surface area contributed by atoms with Gasteiger partial charge in [-0.3, -0.25) is 4.98 Å². The molecule has 0 amide bonds. The summed E-state index contributed by atoms with van der Waals surface area (Å²) in [7, 11) is 1.67. The van der Waals surface area contributed by atoms with Gasteiger partial charge in [-0.15, -0.1) is 0 Å². The summed E-state index contributed by atoms with van der Waals surface area (Å²) in [6, 6.07) is 0. The summed E-state index contributed by atoms with van der Waals surface area (Å²) in [5, 5.41) is 9.89. The van der Waals surface area contributed by atoms with Crippen molar-refractivity contribution in [3.63, 3.8) is 0 Å². The molecule has 0 spiro atoms. The van der Waals surface area contributed by atoms with Gasteiger partial charge in [0.1, 0.15) is 5.75 Å². The number of pyridine rings is 1. The SMILES string of the molecule is CCSCC(O)Cc1ncc(C)c(OC)c1C. The molecule has 1 aromatic heterocycles. The van der Waals surface area contributed by atoms with Gasteiger partial charge in [-0.05, 0) is 19.6 Å². The van der Waals surface area contributed by atoms with Crippen molar-refractivity contribution in [2.24, 2.45) is 0 Å². The smallest absolute Gasteiger partial charge is 0.128 e. The Morgan fingerprint density at radius 3 is 2.76 bits per heavy atom. The van der Waals surface area contributed by atoms with Crippen molar-refractivity contribution in [3.8, 4) is 5.75 Å². The van der Waals surface area contributed by atoms with Crippen molar-refractivity contribution in [1.29, 1.82) is 0 Å². The fourth-order valence-electron chi connectivity index (χ4n) is 1.81. The number of ether oxygens (including phenoxy) is 1. The van der Waals surface area contributed by atoms with Crippen molar-refractivity contribution >= 4 is 11.8 Å². The van der Waals surface area contributed by atoms with E-state index in [-0.39, 0.29) is 6.10 Å². The Labute approximate surface area is 108 Å². The number of aliphatic hydroxyl groups excluding tert-OH is 1. The van der Waals surface area contributed by atoms with Crippen LogP contribution in [0.3, 0.4) is 0 Å². The molecular weight excluding hydrogens is 234 g/mol. The molecule has 0 aliphatic carbocycles. The van der Waals surface area contributed by atoms with Crippen LogP contribution in [0.2, 0.25) is 0 Å². The Morgan fingerprint density at radius 2 is 2.18 bits per heavy atom. The maximum absolute atomic E-state index is 9.89. The van der Waals surface area contributed by atoms with E-state index in [1.165, 1.54) is 0 Å². The second kappa shape index (κ2) is 6.87. The second-order valence-corrected chi connectivity index (χ2v) is 5.38. The molecule has 1 N–H and O–H groups in total. The molecule has 3 nitrogen and oxygen atoms in total. The third kappa shape index (κ3) is 3.89. The maximum Gasteiger partial charge on any atom is 0.128 e. The second-order valence-electron chi connectivity index (χ2n) is 4.06. The van der Waals surface area contributed by atoms with E-state index in [1.807, 2.05) is 13.8 Å². The van der Waals surface area contributed by atoms with Crippen molar-refractivity contribution in [1.82, 2.24) is 4.98 Å². The molecule has 1 rings (SSSR count). The molecule has 4 heteroatoms. The van der Waals surface area contributed by atoms with Gasteiger partial charge in [-0.25, -0.2) is 0 Å². The van der Waals surface area contributed by atoms with E-state index in [2.05, 4.69) is 11.9 Å². The minimum Gasteiger partial charge on any atom is -0.496 e. The zero-order valence-electron chi connectivity index (χ0n) is 11.0. The predicted molar refractivity (Wildman–Crippen MR) is 73.0 cm³/mol. The first-order valence-corrected chi connectivity index (χ1v) is 7.00. The lowest BCUT2D eigenvalue weighted by Crippen LogP contribution is -2.16. The van der Waals surface area contributed by atoms with E-state index in [1.54, 1.807) is 25.1 Å². The van der Waals surface area contributed by atoms with Crippen LogP contribution in [0.25, 0.3) is 0 Å². The molecule has 1 heterocycles. The molecule has 96 valence electrons. The Hall–Kier alpha value is -0.740. The maximum atomic E-state index is 9.89. The van der Waals surface area contributed by atoms with Gasteiger partial charge in [0.2, 0.25) is 0 Å². The number of rotatable bonds is 6. The number of thioether (sulfide) groups is 1. The minimum absolute atomic E-state index is 0.335. The fraction of sp³-hybridized carbons (Fsp3) is 0.615. The topological polar surface area (TPSA) is 42.4 Å². The van der Waals surface area contributed by atoms with E-state index in [0.717, 1.165) is 34.1 Å². The Morgan fingerprint density at radius 1 is 1.47 bits per heavy atom. The number of hydrogen-bond donors (Lipinski definition) is 1. The molecule has 0 saturated carbocycles. The Balaban J connectivity index is 2.78. The van der Waals surface area contributed by atoms with Crippen molar-refractivity contribution in [2.75, 3.05) is 18.6 Å². The average molecular weight is 255 g/mol. The summed E-state index contributed by atoms with van der Waals surface area (Å²) >= 11 is 1.75. The molecule has 0 saturated heterocycles. The van der Waals surface area contributed by atoms with Crippen molar-refractivity contribution < 1.29 is 9.84 Å². The number of nitrogens with zero attached hydrogens (tertiary/aromatic N) is 1. The van der Waals surface area contributed by atoms with E-state index < -0.39 is 0 Å². The zero-order chi connectivity index (χ0) is 12.8. The first kappa shape index (κ1) is 14.3. The lowest BCUT2D eigenvalue weighted by Gasteiger charge is -2.14. The molecule has 0 fully saturated rings. The standard InChI is InChI=1S/C13H21NO2S/c1-5-17-8-11(15)6-12-10(3)13(16-4)9(2)7-14-12/h7,11,15H,5-6,8H2,1-4H3. The highest BCUT2D eigenvalue weighted by molar-refractivity contribution is 7.99. The van der Waals surface area contributed by atoms with E-state index in [0.29, 0.717) is 6.42 Å². The van der Waals surface area contributed by atoms with Crippen molar-refractivity contribution in [3.05, 3.63) is 23.0 Å². The lowest BCUT2D eigenvalue weighted by molar-refractivity contribution is 0.198. The summed E-state index contributed by atoms with van der Waals surface area (Å²) in [6.45, 7) is 6.07. The van der Waals surface area contributed by atoms with Crippen LogP contribution in [0.15, 0.2) is 6.20 Å². The number of methoxy groups -OCH3 is 1. The number of aromatic nitrogens is 1. The summed E-state index contributed by atoms with van der Waals surface area (Å²) < 4.78 is 5.35. The minimum atomic E-state index is -0.335. The van der Waals surface area contributed by atoms with Gasteiger partial charge in [0, 0.05) is 35.2 Å². The van der Waals surface area contributed by atoms with Crippen LogP contribution in [-0.4, -0.2) is 34.8 Å². The highest BCUT2D eigenvalue weighted by atomic mass is 32.2. The quantitative estimate of drug-likeness (QED) is 0.847. The molecule has 0 aliphatic rings. The Kier molecular flexibility index (Phi) is 5.78. The number of hydrogen-bond acceptors (Lipinski definition) is 4. The predicted octanol–water partition coefficient (Wildman–Crippen LogP) is 2.36. The number of aryl methyl sites for hydroxylation is 1. The van der Waals surface area contributed by atoms with Crippen LogP contribution in [0.1, 0.15) is 23.7 Å². The first-order chi connectivity index (χ1) is 8.10. The van der Waals surface area contributed by atoms with Gasteiger partial charge in [0.15, 0.2) is 0 Å². The van der Waals surface area contributed by atoms with Crippen LogP contribution in [0, 0.1) is 13.8 Å². The van der Waals surface area contributed by atoms with E-state index in [4.69, 9.17) is 4.74 Å². The van der Waals surface area contributed by atoms with Gasteiger partial charge in [-0.2, -0.15) is 11.8 Å². The Bertz CT molecular complexity index is 369. The summed E-state index contributed by atoms with van der Waals surface area (Å²) in [5.41, 5.74) is 3.00. The van der Waals surface area contributed by atoms with Crippen LogP contribution >= 0.6 is 11.8 Å². The molecule has 0 aromatic carbocycles. The third-order valence-corrected chi connectivity index (χ3v) is 3.72. The highest BCUT2D eigenvalue weighted by Gasteiger charge is 2.13. The van der Waals surface area contributed by atoms with Gasteiger partial charge in [-0.1, -0.05) is 6.92 Å². The zero-order valence-corrected chi connectivity index (χ0v) is 11.8. The average Bonchev–Trinajstić information content (AvgIpc) is 2.31. The molecule has 1 unspecified atom stereocenters. The lowest BCUT2D eigenvalue weighted by atomic mass is 10.1. The summed E-state index contributed by atoms with van der Waals surface area (Å²) in [5.74, 6) is 2.67. The first-order valence-electron chi connectivity index (χ1n) is 5.85. The fourth-order valence-corrected chi connectivity index (χ4v) is 2.44. The molecule has 1 atom stereocenters. The van der Waals surface area contributed by atoms with Crippen molar-refractivity contribution in [2.45, 2.75) is 33.3 Å². The van der Waals surface area contributed by atoms with E-state index in [9.17, 15) is 5.11 Å². The highest BCUT2D eigenvalue weighted by Crippen LogP contribution is 2.24. The van der Waals surface area contributed by atoms with Gasteiger partial charge in [0.25, 0.3) is 0 Å². The summed E-state index contributed by atoms with van der Waals surface area (Å²) in [4.78, 5) is 4.39.